The molecular formula is C12H8FN3O2S. The van der Waals surface area contributed by atoms with Crippen LogP contribution in [0.5, 0.6) is 0 Å². The minimum Gasteiger partial charge on any atom is -0.331 e. The van der Waals surface area contributed by atoms with Crippen LogP contribution in [0.15, 0.2) is 24.3 Å². The van der Waals surface area contributed by atoms with Gasteiger partial charge < -0.3 is 10.6 Å². The Hall–Kier alpha value is -2.28. The fraction of sp³-hybridized carbons (Fsp3) is 0.0833. The summed E-state index contributed by atoms with van der Waals surface area (Å²) >= 11 is 1.16. The van der Waals surface area contributed by atoms with Crippen LogP contribution in [0, 0.1) is 5.82 Å². The summed E-state index contributed by atoms with van der Waals surface area (Å²) in [6.07, 6.45) is -0.148. The molecule has 0 spiro atoms. The topological polar surface area (TPSA) is 71.1 Å². The number of fused-ring (bicyclic) bond motifs is 1. The zero-order valence-corrected chi connectivity index (χ0v) is 10.4. The fourth-order valence-electron chi connectivity index (χ4n) is 1.71. The van der Waals surface area contributed by atoms with Gasteiger partial charge in [0, 0.05) is 5.69 Å². The third-order valence-corrected chi connectivity index (χ3v) is 3.57. The van der Waals surface area contributed by atoms with Crippen molar-refractivity contribution in [2.45, 2.75) is 6.42 Å². The van der Waals surface area contributed by atoms with Gasteiger partial charge in [0.1, 0.15) is 10.7 Å². The van der Waals surface area contributed by atoms with Gasteiger partial charge in [0.05, 0.1) is 6.42 Å². The number of rotatable bonds is 2. The number of ketones is 1. The maximum atomic E-state index is 12.8. The number of carbonyl (C=O) groups excluding carboxylic acids is 2. The van der Waals surface area contributed by atoms with E-state index in [4.69, 9.17) is 0 Å². The minimum absolute atomic E-state index is 0.148. The Kier molecular flexibility index (Phi) is 2.75. The summed E-state index contributed by atoms with van der Waals surface area (Å²) in [5, 5.41) is 5.98. The Labute approximate surface area is 111 Å². The highest BCUT2D eigenvalue weighted by Gasteiger charge is 2.26. The summed E-state index contributed by atoms with van der Waals surface area (Å²) < 4.78 is 12.8. The summed E-state index contributed by atoms with van der Waals surface area (Å²) in [5.41, 5.74) is 0.659. The van der Waals surface area contributed by atoms with Gasteiger partial charge >= 0.3 is 0 Å². The zero-order chi connectivity index (χ0) is 13.4. The second kappa shape index (κ2) is 4.43. The number of nitrogens with one attached hydrogen (secondary N) is 2. The monoisotopic (exact) mass is 277 g/mol. The lowest BCUT2D eigenvalue weighted by atomic mass is 10.2. The molecule has 3 rings (SSSR count). The van der Waals surface area contributed by atoms with Crippen molar-refractivity contribution < 1.29 is 14.0 Å². The molecule has 2 aromatic rings. The van der Waals surface area contributed by atoms with Gasteiger partial charge in [-0.25, -0.2) is 9.37 Å². The van der Waals surface area contributed by atoms with E-state index in [0.29, 0.717) is 15.7 Å². The van der Waals surface area contributed by atoms with Gasteiger partial charge in [-0.15, -0.1) is 0 Å². The van der Waals surface area contributed by atoms with Gasteiger partial charge in [-0.2, -0.15) is 0 Å². The summed E-state index contributed by atoms with van der Waals surface area (Å²) in [7, 11) is 0. The van der Waals surface area contributed by atoms with Gasteiger partial charge in [-0.1, -0.05) is 11.3 Å². The van der Waals surface area contributed by atoms with Crippen molar-refractivity contribution in [3.05, 3.63) is 35.0 Å². The van der Waals surface area contributed by atoms with Crippen LogP contribution >= 0.6 is 11.3 Å². The molecule has 0 aliphatic carbocycles. The van der Waals surface area contributed by atoms with E-state index in [1.54, 1.807) is 12.1 Å². The van der Waals surface area contributed by atoms with Crippen LogP contribution in [0.25, 0.3) is 0 Å². The first-order valence-electron chi connectivity index (χ1n) is 5.48. The van der Waals surface area contributed by atoms with E-state index >= 15 is 0 Å². The Morgan fingerprint density at radius 3 is 2.74 bits per heavy atom. The number of carbonyl (C=O) groups is 2. The lowest BCUT2D eigenvalue weighted by molar-refractivity contribution is -0.115. The van der Waals surface area contributed by atoms with Gasteiger partial charge in [-0.3, -0.25) is 9.59 Å². The number of amides is 1. The van der Waals surface area contributed by atoms with Crippen LogP contribution in [-0.4, -0.2) is 16.7 Å². The van der Waals surface area contributed by atoms with Crippen LogP contribution < -0.4 is 10.6 Å². The molecule has 1 aliphatic heterocycles. The molecule has 0 saturated heterocycles. The maximum Gasteiger partial charge on any atom is 0.233 e. The van der Waals surface area contributed by atoms with Crippen molar-refractivity contribution in [1.82, 2.24) is 4.98 Å². The highest BCUT2D eigenvalue weighted by atomic mass is 32.1. The van der Waals surface area contributed by atoms with E-state index in [1.165, 1.54) is 12.1 Å². The highest BCUT2D eigenvalue weighted by molar-refractivity contribution is 7.18. The van der Waals surface area contributed by atoms with Crippen molar-refractivity contribution in [1.29, 1.82) is 0 Å². The molecule has 1 aromatic carbocycles. The largest absolute Gasteiger partial charge is 0.331 e. The van der Waals surface area contributed by atoms with E-state index in [1.807, 2.05) is 0 Å². The first kappa shape index (κ1) is 11.8. The number of aromatic nitrogens is 1. The molecule has 5 nitrogen and oxygen atoms in total. The number of hydrogen-bond acceptors (Lipinski definition) is 5. The Bertz CT molecular complexity index is 666. The summed E-state index contributed by atoms with van der Waals surface area (Å²) in [4.78, 5) is 27.4. The number of hydrogen-bond donors (Lipinski definition) is 2. The highest BCUT2D eigenvalue weighted by Crippen LogP contribution is 2.32. The molecule has 7 heteroatoms. The van der Waals surface area contributed by atoms with Crippen molar-refractivity contribution in [3.8, 4) is 0 Å². The number of Topliss-reactive ketones (excluding diaryl/α,β-unsaturated/α-hetero) is 1. The van der Waals surface area contributed by atoms with Crippen LogP contribution in [-0.2, 0) is 4.79 Å². The number of nitrogens with zero attached hydrogens (tertiary/aromatic N) is 1. The Morgan fingerprint density at radius 1 is 1.26 bits per heavy atom. The van der Waals surface area contributed by atoms with Crippen molar-refractivity contribution in [2.24, 2.45) is 0 Å². The predicted molar refractivity (Wildman–Crippen MR) is 69.4 cm³/mol. The summed E-state index contributed by atoms with van der Waals surface area (Å²) in [6.45, 7) is 0. The number of benzene rings is 1. The first-order chi connectivity index (χ1) is 9.11. The van der Waals surface area contributed by atoms with E-state index in [-0.39, 0.29) is 29.7 Å². The van der Waals surface area contributed by atoms with E-state index < -0.39 is 0 Å². The van der Waals surface area contributed by atoms with E-state index in [9.17, 15) is 14.0 Å². The minimum atomic E-state index is -0.351. The molecule has 2 heterocycles. The molecule has 0 saturated carbocycles. The molecule has 1 aromatic heterocycles. The smallest absolute Gasteiger partial charge is 0.233 e. The SMILES string of the molecule is O=C1CC(=O)c2sc(Nc3ccc(F)cc3)nc2N1. The zero-order valence-electron chi connectivity index (χ0n) is 9.57. The van der Waals surface area contributed by atoms with Crippen LogP contribution in [0.4, 0.5) is 21.0 Å². The molecule has 0 unspecified atom stereocenters. The quantitative estimate of drug-likeness (QED) is 0.827. The number of anilines is 3. The van der Waals surface area contributed by atoms with Crippen LogP contribution in [0.2, 0.25) is 0 Å². The van der Waals surface area contributed by atoms with Gasteiger partial charge in [-0.05, 0) is 24.3 Å². The predicted octanol–water partition coefficient (Wildman–Crippen LogP) is 2.55. The van der Waals surface area contributed by atoms with Crippen LogP contribution in [0.1, 0.15) is 16.1 Å². The number of thiazole rings is 1. The van der Waals surface area contributed by atoms with Crippen molar-refractivity contribution in [3.63, 3.8) is 0 Å². The lowest BCUT2D eigenvalue weighted by Crippen LogP contribution is -2.22. The molecule has 96 valence electrons. The van der Waals surface area contributed by atoms with Gasteiger partial charge in [0.2, 0.25) is 5.91 Å². The number of halogens is 1. The Morgan fingerprint density at radius 2 is 2.00 bits per heavy atom. The molecule has 0 atom stereocenters. The molecule has 1 amide bonds. The standard InChI is InChI=1S/C12H8FN3O2S/c13-6-1-3-7(4-2-6)14-12-16-11-10(19-12)8(17)5-9(18)15-11/h1-4H,5H2,(H,14,16)(H,15,18). The van der Waals surface area contributed by atoms with Gasteiger partial charge in [0.25, 0.3) is 0 Å². The third kappa shape index (κ3) is 2.32. The average Bonchev–Trinajstić information content (AvgIpc) is 2.75. The molecule has 0 bridgehead atoms. The maximum absolute atomic E-state index is 12.8. The lowest BCUT2D eigenvalue weighted by Gasteiger charge is -2.08. The van der Waals surface area contributed by atoms with E-state index in [0.717, 1.165) is 11.3 Å². The normalized spacial score (nSPS) is 13.9. The van der Waals surface area contributed by atoms with E-state index in [2.05, 4.69) is 15.6 Å². The first-order valence-corrected chi connectivity index (χ1v) is 6.30. The second-order valence-electron chi connectivity index (χ2n) is 3.98. The second-order valence-corrected chi connectivity index (χ2v) is 4.98. The fourth-order valence-corrected chi connectivity index (χ4v) is 2.58. The molecule has 1 aliphatic rings. The molecule has 0 fully saturated rings. The third-order valence-electron chi connectivity index (χ3n) is 2.55. The molecule has 19 heavy (non-hydrogen) atoms. The van der Waals surface area contributed by atoms with Gasteiger partial charge in [0.15, 0.2) is 16.7 Å². The average molecular weight is 277 g/mol. The summed E-state index contributed by atoms with van der Waals surface area (Å²) in [5.74, 6) is -0.623. The van der Waals surface area contributed by atoms with Crippen LogP contribution in [0.3, 0.4) is 0 Å². The molecule has 0 radical (unpaired) electrons. The van der Waals surface area contributed by atoms with Crippen molar-refractivity contribution in [2.75, 3.05) is 10.6 Å². The summed E-state index contributed by atoms with van der Waals surface area (Å²) in [6, 6.07) is 5.78. The Balaban J connectivity index is 1.87. The van der Waals surface area contributed by atoms with Crippen molar-refractivity contribution >= 4 is 39.7 Å². The molecule has 2 N–H and O–H groups in total. The molecular weight excluding hydrogens is 269 g/mol.